The van der Waals surface area contributed by atoms with Crippen LogP contribution in [0.3, 0.4) is 0 Å². The number of nitrogen functional groups attached to an aromatic ring is 1. The molecular weight excluding hydrogens is 473 g/mol. The maximum atomic E-state index is 14.0. The topological polar surface area (TPSA) is 115 Å². The van der Waals surface area contributed by atoms with Gasteiger partial charge in [0.05, 0.1) is 5.39 Å². The molecule has 2 aromatic heterocycles. The average molecular weight is 500 g/mol. The summed E-state index contributed by atoms with van der Waals surface area (Å²) in [6.07, 6.45) is 5.06. The fourth-order valence-corrected chi connectivity index (χ4v) is 4.93. The average Bonchev–Trinajstić information content (AvgIpc) is 3.31. The summed E-state index contributed by atoms with van der Waals surface area (Å²) in [4.78, 5) is 24.7. The molecule has 37 heavy (non-hydrogen) atoms. The number of carbonyl (C=O) groups is 1. The zero-order valence-corrected chi connectivity index (χ0v) is 20.3. The molecule has 0 unspecified atom stereocenters. The van der Waals surface area contributed by atoms with E-state index in [2.05, 4.69) is 27.4 Å². The highest BCUT2D eigenvalue weighted by Crippen LogP contribution is 2.38. The third-order valence-corrected chi connectivity index (χ3v) is 6.68. The van der Waals surface area contributed by atoms with Crippen molar-refractivity contribution in [3.05, 3.63) is 70.9 Å². The molecule has 1 amide bonds. The van der Waals surface area contributed by atoms with Crippen LogP contribution >= 0.6 is 0 Å². The number of fused-ring (bicyclic) bond motifs is 1. The number of rotatable bonds is 5. The number of nitrogens with zero attached hydrogens (tertiary/aromatic N) is 2. The summed E-state index contributed by atoms with van der Waals surface area (Å²) in [5, 5.41) is 10.0. The van der Waals surface area contributed by atoms with Gasteiger partial charge in [0.15, 0.2) is 17.4 Å². The zero-order chi connectivity index (χ0) is 25.9. The lowest BCUT2D eigenvalue weighted by atomic mass is 9.91. The number of hydrogen-bond acceptors (Lipinski definition) is 5. The molecule has 1 saturated carbocycles. The van der Waals surface area contributed by atoms with Gasteiger partial charge in [-0.2, -0.15) is 5.10 Å². The minimum Gasteiger partial charge on any atom is -0.454 e. The molecule has 4 N–H and O–H groups in total. The van der Waals surface area contributed by atoms with Gasteiger partial charge < -0.3 is 20.4 Å². The third kappa shape index (κ3) is 4.91. The van der Waals surface area contributed by atoms with Crippen LogP contribution in [0.1, 0.15) is 38.6 Å². The van der Waals surface area contributed by atoms with E-state index in [9.17, 15) is 14.0 Å². The number of ether oxygens (including phenoxy) is 1. The molecule has 0 bridgehead atoms. The molecule has 4 aromatic rings. The summed E-state index contributed by atoms with van der Waals surface area (Å²) in [7, 11) is 0. The van der Waals surface area contributed by atoms with E-state index in [0.29, 0.717) is 16.7 Å². The van der Waals surface area contributed by atoms with E-state index in [1.54, 1.807) is 37.3 Å². The molecule has 0 atom stereocenters. The van der Waals surface area contributed by atoms with Crippen LogP contribution in [0.2, 0.25) is 0 Å². The van der Waals surface area contributed by atoms with Gasteiger partial charge in [-0.05, 0) is 68.4 Å². The van der Waals surface area contributed by atoms with E-state index in [1.807, 2.05) is 22.9 Å². The summed E-state index contributed by atoms with van der Waals surface area (Å²) in [6, 6.07) is 13.5. The van der Waals surface area contributed by atoms with Crippen molar-refractivity contribution in [2.75, 3.05) is 5.73 Å². The molecule has 188 valence electrons. The number of benzene rings is 2. The van der Waals surface area contributed by atoms with Crippen molar-refractivity contribution >= 4 is 22.6 Å². The van der Waals surface area contributed by atoms with Crippen molar-refractivity contribution in [2.45, 2.75) is 44.7 Å². The molecular formula is C28H26FN5O3. The number of aromatic nitrogens is 3. The lowest BCUT2D eigenvalue weighted by molar-refractivity contribution is -0.116. The van der Waals surface area contributed by atoms with E-state index in [4.69, 9.17) is 10.5 Å². The second-order valence-electron chi connectivity index (χ2n) is 9.02. The first-order valence-electron chi connectivity index (χ1n) is 12.1. The molecule has 8 nitrogen and oxygen atoms in total. The second kappa shape index (κ2) is 10.2. The predicted molar refractivity (Wildman–Crippen MR) is 140 cm³/mol. The molecule has 2 aromatic carbocycles. The maximum absolute atomic E-state index is 14.0. The molecule has 5 rings (SSSR count). The number of carbonyl (C=O) groups excluding carboxylic acids is 1. The Kier molecular flexibility index (Phi) is 6.64. The monoisotopic (exact) mass is 499 g/mol. The minimum atomic E-state index is -0.444. The van der Waals surface area contributed by atoms with Gasteiger partial charge >= 0.3 is 0 Å². The Labute approximate surface area is 212 Å². The predicted octanol–water partition coefficient (Wildman–Crippen LogP) is 4.53. The summed E-state index contributed by atoms with van der Waals surface area (Å²) < 4.78 is 21.6. The van der Waals surface area contributed by atoms with Crippen molar-refractivity contribution in [1.29, 1.82) is 0 Å². The third-order valence-electron chi connectivity index (χ3n) is 6.68. The second-order valence-corrected chi connectivity index (χ2v) is 9.02. The number of amides is 1. The number of hydrogen-bond donors (Lipinski definition) is 3. The standard InChI is InChI=1S/C28H26FN5O3/c1-2-5-24(35)31-18-10-12-19(13-11-18)34-16-21(25-26(34)28(36)33-32-27(25)30)17-8-14-20(15-9-17)37-23-7-4-3-6-22(23)29/h3-4,6-9,14-16,18-19H,10-13H2,1H3,(H2,30,32)(H,31,35)(H,33,36)/t18-,19-. The fraction of sp³-hybridized carbons (Fsp3) is 0.250. The summed E-state index contributed by atoms with van der Waals surface area (Å²) >= 11 is 0. The molecule has 0 radical (unpaired) electrons. The highest BCUT2D eigenvalue weighted by molar-refractivity contribution is 6.02. The number of nitrogens with two attached hydrogens (primary N) is 1. The number of halogens is 1. The number of H-pyrrole nitrogens is 1. The summed E-state index contributed by atoms with van der Waals surface area (Å²) in [6.45, 7) is 1.63. The van der Waals surface area contributed by atoms with E-state index in [1.165, 1.54) is 6.07 Å². The van der Waals surface area contributed by atoms with Crippen molar-refractivity contribution in [3.63, 3.8) is 0 Å². The number of aromatic amines is 1. The normalized spacial score (nSPS) is 17.1. The van der Waals surface area contributed by atoms with Crippen molar-refractivity contribution in [1.82, 2.24) is 20.1 Å². The van der Waals surface area contributed by atoms with Gasteiger partial charge in [-0.1, -0.05) is 30.2 Å². The smallest absolute Gasteiger partial charge is 0.296 e. The Morgan fingerprint density at radius 2 is 1.89 bits per heavy atom. The van der Waals surface area contributed by atoms with Crippen molar-refractivity contribution < 1.29 is 13.9 Å². The van der Waals surface area contributed by atoms with Gasteiger partial charge in [0, 0.05) is 23.8 Å². The Hall–Kier alpha value is -4.58. The van der Waals surface area contributed by atoms with Gasteiger partial charge in [0.2, 0.25) is 0 Å². The maximum Gasteiger partial charge on any atom is 0.296 e. The SMILES string of the molecule is CC#CC(=O)N[C@H]1CC[C@H](n2cc(-c3ccc(Oc4ccccc4F)cc3)c3c(N)n[nH]c(=O)c32)CC1. The first kappa shape index (κ1) is 24.1. The van der Waals surface area contributed by atoms with E-state index in [0.717, 1.165) is 36.8 Å². The van der Waals surface area contributed by atoms with Crippen LogP contribution in [0, 0.1) is 17.7 Å². The van der Waals surface area contributed by atoms with E-state index >= 15 is 0 Å². The Morgan fingerprint density at radius 1 is 1.16 bits per heavy atom. The van der Waals surface area contributed by atoms with Crippen molar-refractivity contribution in [3.8, 4) is 34.5 Å². The fourth-order valence-electron chi connectivity index (χ4n) is 4.93. The first-order chi connectivity index (χ1) is 17.9. The van der Waals surface area contributed by atoms with Crippen LogP contribution in [-0.2, 0) is 4.79 Å². The Balaban J connectivity index is 1.44. The van der Waals surface area contributed by atoms with Crippen LogP contribution in [-0.4, -0.2) is 26.7 Å². The number of anilines is 1. The minimum absolute atomic E-state index is 0.0536. The lowest BCUT2D eigenvalue weighted by Crippen LogP contribution is -2.37. The molecule has 0 aliphatic heterocycles. The van der Waals surface area contributed by atoms with Gasteiger partial charge in [0.1, 0.15) is 11.3 Å². The molecule has 2 heterocycles. The van der Waals surface area contributed by atoms with Crippen LogP contribution in [0.4, 0.5) is 10.2 Å². The Morgan fingerprint density at radius 3 is 2.59 bits per heavy atom. The molecule has 1 aliphatic carbocycles. The van der Waals surface area contributed by atoms with Gasteiger partial charge in [-0.15, -0.1) is 0 Å². The molecule has 1 aliphatic rings. The zero-order valence-electron chi connectivity index (χ0n) is 20.3. The van der Waals surface area contributed by atoms with Crippen LogP contribution in [0.25, 0.3) is 22.0 Å². The van der Waals surface area contributed by atoms with Crippen LogP contribution < -0.4 is 21.3 Å². The van der Waals surface area contributed by atoms with Crippen molar-refractivity contribution in [2.24, 2.45) is 0 Å². The van der Waals surface area contributed by atoms with Gasteiger partial charge in [-0.25, -0.2) is 9.49 Å². The van der Waals surface area contributed by atoms with E-state index in [-0.39, 0.29) is 35.1 Å². The number of para-hydroxylation sites is 1. The first-order valence-corrected chi connectivity index (χ1v) is 12.1. The van der Waals surface area contributed by atoms with Crippen LogP contribution in [0.5, 0.6) is 11.5 Å². The van der Waals surface area contributed by atoms with Crippen LogP contribution in [0.15, 0.2) is 59.5 Å². The summed E-state index contributed by atoms with van der Waals surface area (Å²) in [5.74, 6) is 5.27. The van der Waals surface area contributed by atoms with Gasteiger partial charge in [-0.3, -0.25) is 9.59 Å². The quantitative estimate of drug-likeness (QED) is 0.349. The Bertz CT molecular complexity index is 1570. The summed E-state index contributed by atoms with van der Waals surface area (Å²) in [5.41, 5.74) is 7.99. The van der Waals surface area contributed by atoms with Gasteiger partial charge in [0.25, 0.3) is 11.5 Å². The molecule has 0 spiro atoms. The largest absolute Gasteiger partial charge is 0.454 e. The molecule has 9 heteroatoms. The highest BCUT2D eigenvalue weighted by Gasteiger charge is 2.27. The number of nitrogens with one attached hydrogen (secondary N) is 2. The molecule has 1 fully saturated rings. The highest BCUT2D eigenvalue weighted by atomic mass is 19.1. The molecule has 0 saturated heterocycles. The van der Waals surface area contributed by atoms with E-state index < -0.39 is 5.82 Å². The lowest BCUT2D eigenvalue weighted by Gasteiger charge is -2.30.